The quantitative estimate of drug-likeness (QED) is 0.837. The van der Waals surface area contributed by atoms with Crippen LogP contribution in [0.2, 0.25) is 0 Å². The van der Waals surface area contributed by atoms with E-state index in [1.54, 1.807) is 0 Å². The van der Waals surface area contributed by atoms with Gasteiger partial charge in [-0.15, -0.1) is 0 Å². The number of ketones is 1. The molecule has 1 aromatic rings. The molecule has 1 aliphatic rings. The van der Waals surface area contributed by atoms with Crippen LogP contribution in [0.1, 0.15) is 44.6 Å². The molecule has 1 fully saturated rings. The SMILES string of the molecule is CCC1CCC(=O)C(CC(O)COCc2ccccc2)C1. The third-order valence-electron chi connectivity index (χ3n) is 4.43. The van der Waals surface area contributed by atoms with E-state index in [1.807, 2.05) is 30.3 Å². The highest BCUT2D eigenvalue weighted by Crippen LogP contribution is 2.31. The summed E-state index contributed by atoms with van der Waals surface area (Å²) in [5.41, 5.74) is 1.10. The van der Waals surface area contributed by atoms with Crippen molar-refractivity contribution < 1.29 is 14.6 Å². The van der Waals surface area contributed by atoms with Gasteiger partial charge in [0.15, 0.2) is 0 Å². The number of hydrogen-bond acceptors (Lipinski definition) is 3. The molecular formula is C18H26O3. The number of carbonyl (C=O) groups is 1. The third kappa shape index (κ3) is 5.25. The van der Waals surface area contributed by atoms with Crippen LogP contribution in [-0.4, -0.2) is 23.6 Å². The lowest BCUT2D eigenvalue weighted by Crippen LogP contribution is -2.29. The van der Waals surface area contributed by atoms with Gasteiger partial charge >= 0.3 is 0 Å². The van der Waals surface area contributed by atoms with Gasteiger partial charge in [0.25, 0.3) is 0 Å². The molecular weight excluding hydrogens is 264 g/mol. The van der Waals surface area contributed by atoms with E-state index in [1.165, 1.54) is 0 Å². The number of hydrogen-bond donors (Lipinski definition) is 1. The molecule has 1 aromatic carbocycles. The Labute approximate surface area is 127 Å². The Morgan fingerprint density at radius 3 is 2.81 bits per heavy atom. The molecule has 0 aromatic heterocycles. The van der Waals surface area contributed by atoms with E-state index >= 15 is 0 Å². The summed E-state index contributed by atoms with van der Waals surface area (Å²) in [6, 6.07) is 9.92. The molecule has 3 nitrogen and oxygen atoms in total. The zero-order chi connectivity index (χ0) is 15.1. The summed E-state index contributed by atoms with van der Waals surface area (Å²) >= 11 is 0. The van der Waals surface area contributed by atoms with Crippen molar-refractivity contribution in [3.8, 4) is 0 Å². The van der Waals surface area contributed by atoms with Crippen LogP contribution in [0, 0.1) is 11.8 Å². The van der Waals surface area contributed by atoms with Gasteiger partial charge in [-0.05, 0) is 30.7 Å². The normalized spacial score (nSPS) is 24.0. The molecule has 0 amide bonds. The second-order valence-electron chi connectivity index (χ2n) is 6.10. The fourth-order valence-electron chi connectivity index (χ4n) is 3.08. The fraction of sp³-hybridized carbons (Fsp3) is 0.611. The molecule has 3 unspecified atom stereocenters. The van der Waals surface area contributed by atoms with Gasteiger partial charge in [0.05, 0.1) is 19.3 Å². The van der Waals surface area contributed by atoms with E-state index in [0.717, 1.165) is 24.8 Å². The topological polar surface area (TPSA) is 46.5 Å². The standard InChI is InChI=1S/C18H26O3/c1-2-14-8-9-18(20)16(10-14)11-17(19)13-21-12-15-6-4-3-5-7-15/h3-7,14,16-17,19H,2,8-13H2,1H3. The highest BCUT2D eigenvalue weighted by molar-refractivity contribution is 5.81. The molecule has 0 aliphatic heterocycles. The van der Waals surface area contributed by atoms with Crippen molar-refractivity contribution in [2.45, 2.75) is 51.7 Å². The van der Waals surface area contributed by atoms with Gasteiger partial charge in [0.1, 0.15) is 5.78 Å². The lowest BCUT2D eigenvalue weighted by molar-refractivity contribution is -0.127. The number of ether oxygens (including phenoxy) is 1. The lowest BCUT2D eigenvalue weighted by Gasteiger charge is -2.28. The van der Waals surface area contributed by atoms with Gasteiger partial charge in [-0.1, -0.05) is 43.7 Å². The van der Waals surface area contributed by atoms with Crippen molar-refractivity contribution in [3.63, 3.8) is 0 Å². The smallest absolute Gasteiger partial charge is 0.136 e. The van der Waals surface area contributed by atoms with Crippen molar-refractivity contribution >= 4 is 5.78 Å². The van der Waals surface area contributed by atoms with Crippen molar-refractivity contribution in [2.75, 3.05) is 6.61 Å². The molecule has 1 N–H and O–H groups in total. The average molecular weight is 290 g/mol. The molecule has 0 radical (unpaired) electrons. The van der Waals surface area contributed by atoms with Crippen LogP contribution < -0.4 is 0 Å². The average Bonchev–Trinajstić information content (AvgIpc) is 2.50. The summed E-state index contributed by atoms with van der Waals surface area (Å²) in [6.07, 6.45) is 3.77. The predicted molar refractivity (Wildman–Crippen MR) is 82.9 cm³/mol. The first-order chi connectivity index (χ1) is 10.2. The van der Waals surface area contributed by atoms with Gasteiger partial charge in [0, 0.05) is 12.3 Å². The van der Waals surface area contributed by atoms with Crippen LogP contribution in [-0.2, 0) is 16.1 Å². The maximum absolute atomic E-state index is 11.9. The van der Waals surface area contributed by atoms with E-state index in [4.69, 9.17) is 4.74 Å². The Morgan fingerprint density at radius 2 is 2.10 bits per heavy atom. The van der Waals surface area contributed by atoms with Crippen molar-refractivity contribution in [1.82, 2.24) is 0 Å². The minimum atomic E-state index is -0.543. The highest BCUT2D eigenvalue weighted by atomic mass is 16.5. The Morgan fingerprint density at radius 1 is 1.33 bits per heavy atom. The van der Waals surface area contributed by atoms with Gasteiger partial charge in [-0.3, -0.25) is 4.79 Å². The number of carbonyl (C=O) groups excluding carboxylic acids is 1. The zero-order valence-corrected chi connectivity index (χ0v) is 12.8. The molecule has 0 bridgehead atoms. The Balaban J connectivity index is 1.71. The van der Waals surface area contributed by atoms with Gasteiger partial charge < -0.3 is 9.84 Å². The van der Waals surface area contributed by atoms with Gasteiger partial charge in [0.2, 0.25) is 0 Å². The number of aliphatic hydroxyl groups is 1. The fourth-order valence-corrected chi connectivity index (χ4v) is 3.08. The summed E-state index contributed by atoms with van der Waals surface area (Å²) in [7, 11) is 0. The van der Waals surface area contributed by atoms with Crippen LogP contribution in [0.3, 0.4) is 0 Å². The number of Topliss-reactive ketones (excluding diaryl/α,β-unsaturated/α-hetero) is 1. The summed E-state index contributed by atoms with van der Waals surface area (Å²) < 4.78 is 5.55. The van der Waals surface area contributed by atoms with Gasteiger partial charge in [-0.25, -0.2) is 0 Å². The monoisotopic (exact) mass is 290 g/mol. The van der Waals surface area contributed by atoms with E-state index < -0.39 is 6.10 Å². The van der Waals surface area contributed by atoms with E-state index in [0.29, 0.717) is 37.8 Å². The van der Waals surface area contributed by atoms with Crippen LogP contribution in [0.15, 0.2) is 30.3 Å². The third-order valence-corrected chi connectivity index (χ3v) is 4.43. The van der Waals surface area contributed by atoms with Crippen LogP contribution in [0.4, 0.5) is 0 Å². The predicted octanol–water partition coefficient (Wildman–Crippen LogP) is 3.35. The Bertz CT molecular complexity index is 429. The van der Waals surface area contributed by atoms with Gasteiger partial charge in [-0.2, -0.15) is 0 Å². The molecule has 3 atom stereocenters. The molecule has 0 saturated heterocycles. The second kappa shape index (κ2) is 8.30. The summed E-state index contributed by atoms with van der Waals surface area (Å²) in [6.45, 7) is 2.99. The molecule has 3 heteroatoms. The molecule has 0 heterocycles. The number of benzene rings is 1. The maximum atomic E-state index is 11.9. The van der Waals surface area contributed by atoms with E-state index in [2.05, 4.69) is 6.92 Å². The second-order valence-corrected chi connectivity index (χ2v) is 6.10. The summed E-state index contributed by atoms with van der Waals surface area (Å²) in [5.74, 6) is 0.992. The highest BCUT2D eigenvalue weighted by Gasteiger charge is 2.29. The first-order valence-corrected chi connectivity index (χ1v) is 8.01. The molecule has 116 valence electrons. The summed E-state index contributed by atoms with van der Waals surface area (Å²) in [4.78, 5) is 11.9. The maximum Gasteiger partial charge on any atom is 0.136 e. The number of rotatable bonds is 7. The van der Waals surface area contributed by atoms with Crippen molar-refractivity contribution in [1.29, 1.82) is 0 Å². The van der Waals surface area contributed by atoms with E-state index in [9.17, 15) is 9.90 Å². The molecule has 2 rings (SSSR count). The summed E-state index contributed by atoms with van der Waals surface area (Å²) in [5, 5.41) is 10.1. The first kappa shape index (κ1) is 16.2. The molecule has 0 spiro atoms. The van der Waals surface area contributed by atoms with Crippen LogP contribution in [0.25, 0.3) is 0 Å². The molecule has 21 heavy (non-hydrogen) atoms. The Kier molecular flexibility index (Phi) is 6.40. The van der Waals surface area contributed by atoms with Crippen LogP contribution >= 0.6 is 0 Å². The molecule has 1 aliphatic carbocycles. The molecule has 1 saturated carbocycles. The zero-order valence-electron chi connectivity index (χ0n) is 12.8. The van der Waals surface area contributed by atoms with Crippen LogP contribution in [0.5, 0.6) is 0 Å². The first-order valence-electron chi connectivity index (χ1n) is 8.01. The van der Waals surface area contributed by atoms with Crippen molar-refractivity contribution in [3.05, 3.63) is 35.9 Å². The minimum Gasteiger partial charge on any atom is -0.391 e. The largest absolute Gasteiger partial charge is 0.391 e. The Hall–Kier alpha value is -1.19. The van der Waals surface area contributed by atoms with E-state index in [-0.39, 0.29) is 5.92 Å². The lowest BCUT2D eigenvalue weighted by atomic mass is 9.77. The van der Waals surface area contributed by atoms with Crippen molar-refractivity contribution in [2.24, 2.45) is 11.8 Å². The number of aliphatic hydroxyl groups excluding tert-OH is 1. The minimum absolute atomic E-state index is 0.0269.